The second-order valence-electron chi connectivity index (χ2n) is 11.1. The van der Waals surface area contributed by atoms with E-state index in [1.807, 2.05) is 4.72 Å². The molecule has 7 heteroatoms. The van der Waals surface area contributed by atoms with Crippen LogP contribution in [0.4, 0.5) is 5.69 Å². The number of quaternary nitrogens is 1. The molecule has 1 aromatic rings. The second kappa shape index (κ2) is 21.3. The summed E-state index contributed by atoms with van der Waals surface area (Å²) < 4.78 is 25.9. The Balaban J connectivity index is 0.000000785. The number of nitrogens with one attached hydrogen (secondary N) is 1. The van der Waals surface area contributed by atoms with Crippen LogP contribution >= 0.6 is 0 Å². The Hall–Kier alpha value is -1.60. The lowest BCUT2D eigenvalue weighted by Gasteiger charge is -2.30. The van der Waals surface area contributed by atoms with Crippen LogP contribution in [-0.2, 0) is 14.8 Å². The Morgan fingerprint density at radius 1 is 0.703 bits per heavy atom. The molecule has 0 spiro atoms. The summed E-state index contributed by atoms with van der Waals surface area (Å²) in [5.41, 5.74) is 5.85. The minimum atomic E-state index is -3.73. The van der Waals surface area contributed by atoms with Crippen LogP contribution in [0.25, 0.3) is 0 Å². The van der Waals surface area contributed by atoms with Crippen LogP contribution in [0.3, 0.4) is 0 Å². The second-order valence-corrected chi connectivity index (χ2v) is 12.7. The van der Waals surface area contributed by atoms with Gasteiger partial charge in [0.05, 0.1) is 32.1 Å². The first-order valence-electron chi connectivity index (χ1n) is 14.7. The zero-order valence-corrected chi connectivity index (χ0v) is 25.5. The summed E-state index contributed by atoms with van der Waals surface area (Å²) in [5.74, 6) is -0.623. The van der Waals surface area contributed by atoms with Gasteiger partial charge in [0.1, 0.15) is 0 Å². The van der Waals surface area contributed by atoms with Gasteiger partial charge in [-0.05, 0) is 49.9 Å². The van der Waals surface area contributed by atoms with Crippen molar-refractivity contribution >= 4 is 21.6 Å². The van der Waals surface area contributed by atoms with Crippen LogP contribution in [0.1, 0.15) is 124 Å². The van der Waals surface area contributed by atoms with Gasteiger partial charge in [0.15, 0.2) is 0 Å². The minimum Gasteiger partial charge on any atom is -0.399 e. The molecule has 3 N–H and O–H groups in total. The van der Waals surface area contributed by atoms with Crippen LogP contribution in [0.15, 0.2) is 29.2 Å². The molecule has 37 heavy (non-hydrogen) atoms. The fourth-order valence-electron chi connectivity index (χ4n) is 4.35. The monoisotopic (exact) mass is 540 g/mol. The van der Waals surface area contributed by atoms with Crippen molar-refractivity contribution < 1.29 is 17.7 Å². The predicted molar refractivity (Wildman–Crippen MR) is 159 cm³/mol. The van der Waals surface area contributed by atoms with E-state index >= 15 is 0 Å². The zero-order chi connectivity index (χ0) is 28.0. The summed E-state index contributed by atoms with van der Waals surface area (Å²) in [6.07, 6.45) is 23.0. The topological polar surface area (TPSA) is 89.3 Å². The molecule has 0 unspecified atom stereocenters. The van der Waals surface area contributed by atoms with Gasteiger partial charge in [-0.25, -0.2) is 13.1 Å². The number of amides is 1. The van der Waals surface area contributed by atoms with Crippen molar-refractivity contribution in [2.75, 3.05) is 32.9 Å². The van der Waals surface area contributed by atoms with Crippen LogP contribution in [0.2, 0.25) is 0 Å². The number of carbonyl (C=O) groups is 1. The SMILES string of the molecule is CC(=O)NS(=O)(=O)c1ccc(N)cc1.CCCCCCCCCC[N+](C)(C)CCCCCCCCCC. The third-order valence-electron chi connectivity index (χ3n) is 6.70. The Labute approximate surface area is 229 Å². The maximum absolute atomic E-state index is 11.4. The van der Waals surface area contributed by atoms with Gasteiger partial charge in [0, 0.05) is 12.6 Å². The van der Waals surface area contributed by atoms with Crippen molar-refractivity contribution in [2.24, 2.45) is 0 Å². The van der Waals surface area contributed by atoms with Gasteiger partial charge in [-0.15, -0.1) is 0 Å². The molecule has 216 valence electrons. The lowest BCUT2D eigenvalue weighted by Crippen LogP contribution is -2.41. The van der Waals surface area contributed by atoms with Crippen molar-refractivity contribution in [1.82, 2.24) is 4.72 Å². The number of rotatable bonds is 20. The lowest BCUT2D eigenvalue weighted by atomic mass is 10.1. The molecular weight excluding hydrogens is 482 g/mol. The number of unbranched alkanes of at least 4 members (excludes halogenated alkanes) is 14. The molecule has 0 aliphatic heterocycles. The highest BCUT2D eigenvalue weighted by Crippen LogP contribution is 2.13. The fourth-order valence-corrected chi connectivity index (χ4v) is 5.35. The van der Waals surface area contributed by atoms with Crippen LogP contribution in [-0.4, -0.2) is 46.0 Å². The van der Waals surface area contributed by atoms with Gasteiger partial charge in [-0.1, -0.05) is 90.9 Å². The highest BCUT2D eigenvalue weighted by Gasteiger charge is 2.15. The number of sulfonamides is 1. The number of benzene rings is 1. The summed E-state index contributed by atoms with van der Waals surface area (Å²) in [5, 5.41) is 0. The molecule has 0 atom stereocenters. The summed E-state index contributed by atoms with van der Waals surface area (Å²) in [4.78, 5) is 10.6. The third kappa shape index (κ3) is 21.1. The maximum atomic E-state index is 11.4. The lowest BCUT2D eigenvalue weighted by molar-refractivity contribution is -0.890. The molecule has 0 aromatic heterocycles. The average Bonchev–Trinajstić information content (AvgIpc) is 2.82. The minimum absolute atomic E-state index is 0.0156. The van der Waals surface area contributed by atoms with E-state index in [1.165, 1.54) is 145 Å². The molecule has 1 rings (SSSR count). The average molecular weight is 541 g/mol. The first-order chi connectivity index (χ1) is 17.5. The van der Waals surface area contributed by atoms with Gasteiger partial charge >= 0.3 is 0 Å². The highest BCUT2D eigenvalue weighted by atomic mass is 32.2. The van der Waals surface area contributed by atoms with Crippen LogP contribution < -0.4 is 10.5 Å². The standard InChI is InChI=1S/C22H48N.C8H10N2O3S/c1-5-7-9-11-13-15-17-19-21-23(3,4)22-20-18-16-14-12-10-8-6-2;1-6(11)10-14(12,13)8-4-2-7(9)3-5-8/h5-22H2,1-4H3;2-5H,9H2,1H3,(H,10,11)/q+1;. The first kappa shape index (κ1) is 35.4. The molecule has 1 amide bonds. The maximum Gasteiger partial charge on any atom is 0.264 e. The quantitative estimate of drug-likeness (QED) is 0.102. The number of hydrogen-bond donors (Lipinski definition) is 2. The summed E-state index contributed by atoms with van der Waals surface area (Å²) >= 11 is 0. The number of anilines is 1. The van der Waals surface area contributed by atoms with Crippen molar-refractivity contribution in [2.45, 2.75) is 128 Å². The molecule has 6 nitrogen and oxygen atoms in total. The Morgan fingerprint density at radius 3 is 1.41 bits per heavy atom. The van der Waals surface area contributed by atoms with E-state index in [1.54, 1.807) is 0 Å². The smallest absolute Gasteiger partial charge is 0.264 e. The number of nitrogens with two attached hydrogens (primary N) is 1. The molecule has 1 aromatic carbocycles. The van der Waals surface area contributed by atoms with E-state index in [0.717, 1.165) is 6.92 Å². The molecule has 0 aliphatic carbocycles. The van der Waals surface area contributed by atoms with Gasteiger partial charge in [-0.2, -0.15) is 0 Å². The van der Waals surface area contributed by atoms with Gasteiger partial charge in [-0.3, -0.25) is 4.79 Å². The number of carbonyl (C=O) groups excluding carboxylic acids is 1. The Morgan fingerprint density at radius 2 is 1.05 bits per heavy atom. The number of nitrogen functional groups attached to an aromatic ring is 1. The number of hydrogen-bond acceptors (Lipinski definition) is 4. The van der Waals surface area contributed by atoms with Crippen molar-refractivity contribution in [3.8, 4) is 0 Å². The van der Waals surface area contributed by atoms with Gasteiger partial charge in [0.25, 0.3) is 10.0 Å². The molecular formula is C30H58N3O3S+. The van der Waals surface area contributed by atoms with Gasteiger partial charge < -0.3 is 10.2 Å². The normalized spacial score (nSPS) is 11.6. The molecule has 0 radical (unpaired) electrons. The van der Waals surface area contributed by atoms with E-state index in [2.05, 4.69) is 27.9 Å². The van der Waals surface area contributed by atoms with E-state index in [9.17, 15) is 13.2 Å². The summed E-state index contributed by atoms with van der Waals surface area (Å²) in [7, 11) is 1.13. The van der Waals surface area contributed by atoms with E-state index < -0.39 is 15.9 Å². The third-order valence-corrected chi connectivity index (χ3v) is 8.15. The summed E-state index contributed by atoms with van der Waals surface area (Å²) in [6.45, 7) is 8.49. The molecule has 0 saturated heterocycles. The predicted octanol–water partition coefficient (Wildman–Crippen LogP) is 7.44. The van der Waals surface area contributed by atoms with Crippen LogP contribution in [0.5, 0.6) is 0 Å². The first-order valence-corrected chi connectivity index (χ1v) is 16.2. The van der Waals surface area contributed by atoms with Crippen LogP contribution in [0, 0.1) is 0 Å². The largest absolute Gasteiger partial charge is 0.399 e. The highest BCUT2D eigenvalue weighted by molar-refractivity contribution is 7.90. The van der Waals surface area contributed by atoms with Crippen molar-refractivity contribution in [3.63, 3.8) is 0 Å². The molecule has 0 aliphatic rings. The fraction of sp³-hybridized carbons (Fsp3) is 0.767. The number of nitrogens with zero attached hydrogens (tertiary/aromatic N) is 1. The van der Waals surface area contributed by atoms with E-state index in [0.29, 0.717) is 5.69 Å². The zero-order valence-electron chi connectivity index (χ0n) is 24.7. The summed E-state index contributed by atoms with van der Waals surface area (Å²) in [6, 6.07) is 5.57. The van der Waals surface area contributed by atoms with E-state index in [-0.39, 0.29) is 4.90 Å². The molecule has 0 saturated carbocycles. The molecule has 0 heterocycles. The van der Waals surface area contributed by atoms with Gasteiger partial charge in [0.2, 0.25) is 5.91 Å². The Kier molecular flexibility index (Phi) is 20.4. The van der Waals surface area contributed by atoms with E-state index in [4.69, 9.17) is 5.73 Å². The Bertz CT molecular complexity index is 771. The molecule has 0 fully saturated rings. The van der Waals surface area contributed by atoms with Crippen molar-refractivity contribution in [3.05, 3.63) is 24.3 Å². The molecule has 0 bridgehead atoms. The van der Waals surface area contributed by atoms with Crippen molar-refractivity contribution in [1.29, 1.82) is 0 Å².